The van der Waals surface area contributed by atoms with Crippen molar-refractivity contribution in [3.8, 4) is 0 Å². The van der Waals surface area contributed by atoms with E-state index in [4.69, 9.17) is 0 Å². The van der Waals surface area contributed by atoms with E-state index in [1.54, 1.807) is 4.90 Å². The van der Waals surface area contributed by atoms with E-state index in [0.29, 0.717) is 19.5 Å². The topological polar surface area (TPSA) is 52.7 Å². The van der Waals surface area contributed by atoms with Gasteiger partial charge in [-0.25, -0.2) is 0 Å². The number of carbonyl (C=O) groups is 2. The molecule has 5 heteroatoms. The van der Waals surface area contributed by atoms with Gasteiger partial charge in [0.1, 0.15) is 5.92 Å². The normalized spacial score (nSPS) is 21.6. The fraction of sp³-hybridized carbons (Fsp3) is 0.600. The molecule has 2 heterocycles. The molecule has 1 aromatic carbocycles. The second-order valence-electron chi connectivity index (χ2n) is 7.04. The second kappa shape index (κ2) is 8.48. The van der Waals surface area contributed by atoms with E-state index in [-0.39, 0.29) is 11.8 Å². The highest BCUT2D eigenvalue weighted by Crippen LogP contribution is 2.25. The van der Waals surface area contributed by atoms with Crippen LogP contribution in [0.1, 0.15) is 38.2 Å². The molecule has 0 bridgehead atoms. The molecule has 1 N–H and O–H groups in total. The van der Waals surface area contributed by atoms with E-state index in [2.05, 4.69) is 29.3 Å². The van der Waals surface area contributed by atoms with Crippen molar-refractivity contribution in [2.45, 2.75) is 39.0 Å². The van der Waals surface area contributed by atoms with E-state index < -0.39 is 5.92 Å². The molecule has 3 rings (SSSR count). The summed E-state index contributed by atoms with van der Waals surface area (Å²) in [6, 6.07) is 8.06. The van der Waals surface area contributed by atoms with Gasteiger partial charge in [-0.05, 0) is 56.5 Å². The number of anilines is 1. The zero-order chi connectivity index (χ0) is 17.6. The van der Waals surface area contributed by atoms with Crippen LogP contribution >= 0.6 is 0 Å². The Kier molecular flexibility index (Phi) is 6.08. The third kappa shape index (κ3) is 4.40. The molecular weight excluding hydrogens is 314 g/mol. The van der Waals surface area contributed by atoms with Crippen LogP contribution in [0.2, 0.25) is 0 Å². The van der Waals surface area contributed by atoms with E-state index in [1.165, 1.54) is 24.8 Å². The second-order valence-corrected chi connectivity index (χ2v) is 7.04. The highest BCUT2D eigenvalue weighted by molar-refractivity contribution is 6.09. The van der Waals surface area contributed by atoms with E-state index in [0.717, 1.165) is 31.7 Å². The lowest BCUT2D eigenvalue weighted by atomic mass is 10.1. The van der Waals surface area contributed by atoms with Gasteiger partial charge >= 0.3 is 0 Å². The van der Waals surface area contributed by atoms with E-state index in [9.17, 15) is 9.59 Å². The first kappa shape index (κ1) is 17.9. The van der Waals surface area contributed by atoms with Gasteiger partial charge in [0.2, 0.25) is 11.8 Å². The van der Waals surface area contributed by atoms with E-state index >= 15 is 0 Å². The Balaban J connectivity index is 1.49. The summed E-state index contributed by atoms with van der Waals surface area (Å²) in [6.45, 7) is 6.50. The number of hydrogen-bond acceptors (Lipinski definition) is 3. The number of benzene rings is 1. The highest BCUT2D eigenvalue weighted by atomic mass is 16.2. The summed E-state index contributed by atoms with van der Waals surface area (Å²) in [5.41, 5.74) is 2.15. The Morgan fingerprint density at radius 1 is 1.12 bits per heavy atom. The van der Waals surface area contributed by atoms with Gasteiger partial charge in [-0.15, -0.1) is 0 Å². The number of carbonyl (C=O) groups excluding carboxylic acids is 2. The van der Waals surface area contributed by atoms with Crippen LogP contribution in [-0.4, -0.2) is 49.4 Å². The van der Waals surface area contributed by atoms with Crippen molar-refractivity contribution in [1.29, 1.82) is 0 Å². The number of nitrogens with zero attached hydrogens (tertiary/aromatic N) is 2. The first-order valence-electron chi connectivity index (χ1n) is 9.59. The largest absolute Gasteiger partial charge is 0.354 e. The van der Waals surface area contributed by atoms with Crippen LogP contribution in [0.25, 0.3) is 0 Å². The van der Waals surface area contributed by atoms with Crippen LogP contribution in [-0.2, 0) is 16.0 Å². The molecule has 136 valence electrons. The fourth-order valence-corrected chi connectivity index (χ4v) is 3.73. The lowest BCUT2D eigenvalue weighted by Gasteiger charge is -2.26. The zero-order valence-electron chi connectivity index (χ0n) is 15.2. The Hall–Kier alpha value is -1.88. The molecule has 2 fully saturated rings. The predicted octanol–water partition coefficient (Wildman–Crippen LogP) is 2.20. The van der Waals surface area contributed by atoms with Gasteiger partial charge in [0.25, 0.3) is 0 Å². The third-order valence-corrected chi connectivity index (χ3v) is 5.35. The zero-order valence-corrected chi connectivity index (χ0v) is 15.2. The molecule has 2 amide bonds. The Labute approximate surface area is 150 Å². The molecule has 0 spiro atoms. The average Bonchev–Trinajstić information content (AvgIpc) is 3.04. The number of amides is 2. The fourth-order valence-electron chi connectivity index (χ4n) is 3.73. The van der Waals surface area contributed by atoms with E-state index in [1.807, 2.05) is 12.1 Å². The van der Waals surface area contributed by atoms with Crippen LogP contribution in [0.15, 0.2) is 24.3 Å². The van der Waals surface area contributed by atoms with Crippen LogP contribution in [0, 0.1) is 5.92 Å². The molecule has 0 radical (unpaired) electrons. The number of rotatable bonds is 6. The van der Waals surface area contributed by atoms with Crippen LogP contribution < -0.4 is 10.2 Å². The van der Waals surface area contributed by atoms with Crippen molar-refractivity contribution >= 4 is 17.5 Å². The summed E-state index contributed by atoms with van der Waals surface area (Å²) in [4.78, 5) is 29.2. The Morgan fingerprint density at radius 2 is 1.84 bits per heavy atom. The predicted molar refractivity (Wildman–Crippen MR) is 99.6 cm³/mol. The van der Waals surface area contributed by atoms with Crippen molar-refractivity contribution in [1.82, 2.24) is 10.2 Å². The first-order valence-corrected chi connectivity index (χ1v) is 9.59. The smallest absolute Gasteiger partial charge is 0.239 e. The summed E-state index contributed by atoms with van der Waals surface area (Å²) in [7, 11) is 0. The molecule has 25 heavy (non-hydrogen) atoms. The monoisotopic (exact) mass is 343 g/mol. The van der Waals surface area contributed by atoms with Gasteiger partial charge in [0, 0.05) is 25.3 Å². The Morgan fingerprint density at radius 3 is 2.52 bits per heavy atom. The van der Waals surface area contributed by atoms with Crippen LogP contribution in [0.5, 0.6) is 0 Å². The molecule has 2 aliphatic rings. The quantitative estimate of drug-likeness (QED) is 0.806. The van der Waals surface area contributed by atoms with Crippen LogP contribution in [0.3, 0.4) is 0 Å². The number of nitrogens with one attached hydrogen (secondary N) is 1. The lowest BCUT2D eigenvalue weighted by Crippen LogP contribution is -2.41. The summed E-state index contributed by atoms with van der Waals surface area (Å²) in [5.74, 6) is -0.721. The molecule has 0 aliphatic carbocycles. The minimum Gasteiger partial charge on any atom is -0.354 e. The van der Waals surface area contributed by atoms with Gasteiger partial charge in [-0.1, -0.05) is 25.5 Å². The molecule has 1 aromatic rings. The van der Waals surface area contributed by atoms with Crippen molar-refractivity contribution in [3.63, 3.8) is 0 Å². The molecule has 2 aliphatic heterocycles. The minimum absolute atomic E-state index is 0.0697. The molecule has 1 atom stereocenters. The summed E-state index contributed by atoms with van der Waals surface area (Å²) in [6.07, 6.45) is 5.40. The summed E-state index contributed by atoms with van der Waals surface area (Å²) >= 11 is 0. The van der Waals surface area contributed by atoms with Crippen molar-refractivity contribution in [3.05, 3.63) is 29.8 Å². The lowest BCUT2D eigenvalue weighted by molar-refractivity contribution is -0.132. The standard InChI is InChI=1S/C20H29N3O2/c1-2-16-6-8-17(9-7-16)23-14-10-18(20(23)25)19(24)21-11-15-22-12-4-3-5-13-22/h6-9,18H,2-5,10-15H2,1H3,(H,21,24). The maximum Gasteiger partial charge on any atom is 0.239 e. The average molecular weight is 343 g/mol. The SMILES string of the molecule is CCc1ccc(N2CCC(C(=O)NCCN3CCCCC3)C2=O)cc1. The molecule has 0 aromatic heterocycles. The highest BCUT2D eigenvalue weighted by Gasteiger charge is 2.37. The summed E-state index contributed by atoms with van der Waals surface area (Å²) < 4.78 is 0. The van der Waals surface area contributed by atoms with Crippen LogP contribution in [0.4, 0.5) is 5.69 Å². The molecule has 5 nitrogen and oxygen atoms in total. The maximum absolute atomic E-state index is 12.6. The summed E-state index contributed by atoms with van der Waals surface area (Å²) in [5, 5.41) is 2.96. The maximum atomic E-state index is 12.6. The van der Waals surface area contributed by atoms with Crippen molar-refractivity contribution < 1.29 is 9.59 Å². The number of aryl methyl sites for hydroxylation is 1. The number of hydrogen-bond donors (Lipinski definition) is 1. The Bertz CT molecular complexity index is 593. The van der Waals surface area contributed by atoms with Crippen molar-refractivity contribution in [2.24, 2.45) is 5.92 Å². The molecule has 2 saturated heterocycles. The van der Waals surface area contributed by atoms with Gasteiger partial charge in [-0.2, -0.15) is 0 Å². The van der Waals surface area contributed by atoms with Gasteiger partial charge in [-0.3, -0.25) is 9.59 Å². The minimum atomic E-state index is -0.535. The third-order valence-electron chi connectivity index (χ3n) is 5.35. The van der Waals surface area contributed by atoms with Crippen molar-refractivity contribution in [2.75, 3.05) is 37.6 Å². The molecule has 0 saturated carbocycles. The van der Waals surface area contributed by atoms with Gasteiger partial charge in [0.05, 0.1) is 0 Å². The molecule has 1 unspecified atom stereocenters. The van der Waals surface area contributed by atoms with Gasteiger partial charge < -0.3 is 15.1 Å². The number of piperidine rings is 1. The first-order chi connectivity index (χ1) is 12.2. The van der Waals surface area contributed by atoms with Gasteiger partial charge in [0.15, 0.2) is 0 Å². The number of likely N-dealkylation sites (tertiary alicyclic amines) is 1. The molecular formula is C20H29N3O2.